The van der Waals surface area contributed by atoms with E-state index >= 15 is 0 Å². The first kappa shape index (κ1) is 17.1. The minimum atomic E-state index is -1.09. The lowest BCUT2D eigenvalue weighted by Crippen LogP contribution is -2.58. The van der Waals surface area contributed by atoms with Gasteiger partial charge >= 0.3 is 0 Å². The molecule has 24 heavy (non-hydrogen) atoms. The van der Waals surface area contributed by atoms with Gasteiger partial charge in [0.25, 0.3) is 0 Å². The second kappa shape index (κ2) is 6.77. The number of hydrogen-bond acceptors (Lipinski definition) is 8. The van der Waals surface area contributed by atoms with Crippen molar-refractivity contribution >= 4 is 0 Å². The maximum atomic E-state index is 6.07. The largest absolute Gasteiger partial charge is 0.371 e. The predicted molar refractivity (Wildman–Crippen MR) is 79.6 cm³/mol. The van der Waals surface area contributed by atoms with E-state index in [0.717, 1.165) is 0 Å². The highest BCUT2D eigenvalue weighted by molar-refractivity contribution is 4.87. The molecule has 4 aliphatic heterocycles. The van der Waals surface area contributed by atoms with Crippen molar-refractivity contribution in [2.75, 3.05) is 52.9 Å². The molecule has 4 atom stereocenters. The molecule has 0 aromatic rings. The van der Waals surface area contributed by atoms with Crippen LogP contribution < -0.4 is 0 Å². The highest BCUT2D eigenvalue weighted by Gasteiger charge is 2.53. The van der Waals surface area contributed by atoms with Crippen LogP contribution in [-0.2, 0) is 37.9 Å². The molecule has 0 spiro atoms. The quantitative estimate of drug-likeness (QED) is 0.342. The smallest absolute Gasteiger partial charge is 0.220 e. The molecule has 0 saturated carbocycles. The summed E-state index contributed by atoms with van der Waals surface area (Å²) in [5.74, 6) is -2.18. The fraction of sp³-hybridized carbons (Fsp3) is 1.00. The van der Waals surface area contributed by atoms with Crippen LogP contribution in [0.2, 0.25) is 0 Å². The monoisotopic (exact) mass is 346 g/mol. The summed E-state index contributed by atoms with van der Waals surface area (Å²) in [6.07, 6.45) is 0.474. The summed E-state index contributed by atoms with van der Waals surface area (Å²) < 4.78 is 45.2. The number of ether oxygens (including phenoxy) is 8. The van der Waals surface area contributed by atoms with E-state index in [2.05, 4.69) is 0 Å². The molecule has 4 saturated heterocycles. The van der Waals surface area contributed by atoms with E-state index in [1.807, 2.05) is 13.8 Å². The van der Waals surface area contributed by atoms with Gasteiger partial charge in [0.05, 0.1) is 52.9 Å². The van der Waals surface area contributed by atoms with Crippen molar-refractivity contribution < 1.29 is 37.9 Å². The molecule has 4 aliphatic rings. The summed E-state index contributed by atoms with van der Waals surface area (Å²) in [4.78, 5) is 0. The first-order chi connectivity index (χ1) is 11.6. The second-order valence-electron chi connectivity index (χ2n) is 6.96. The molecule has 4 rings (SSSR count). The highest BCUT2D eigenvalue weighted by atomic mass is 16.8. The van der Waals surface area contributed by atoms with Gasteiger partial charge in [-0.1, -0.05) is 0 Å². The Hall–Kier alpha value is -0.320. The van der Waals surface area contributed by atoms with E-state index in [4.69, 9.17) is 37.9 Å². The molecule has 4 fully saturated rings. The van der Waals surface area contributed by atoms with Gasteiger partial charge in [-0.3, -0.25) is 0 Å². The average molecular weight is 346 g/mol. The summed E-state index contributed by atoms with van der Waals surface area (Å²) in [6, 6.07) is 0. The average Bonchev–Trinajstić information content (AvgIpc) is 3.42. The molecule has 0 aromatic heterocycles. The zero-order valence-electron chi connectivity index (χ0n) is 14.2. The Kier molecular flexibility index (Phi) is 4.83. The third-order valence-electron chi connectivity index (χ3n) is 4.61. The van der Waals surface area contributed by atoms with E-state index in [9.17, 15) is 0 Å². The molecule has 8 heteroatoms. The number of rotatable bonds is 13. The summed E-state index contributed by atoms with van der Waals surface area (Å²) >= 11 is 0. The standard InChI is InChI=1S/C16H26O8/c1-15(21-7-11-3-17-11,22-8-12-4-18-12)16(2,23-9-13-5-19-13)24-10-14-6-20-14/h11-14H,3-10H2,1-2H3. The van der Waals surface area contributed by atoms with Gasteiger partial charge in [0.15, 0.2) is 0 Å². The number of epoxide rings is 4. The summed E-state index contributed by atoms with van der Waals surface area (Å²) in [5.41, 5.74) is 0. The SMILES string of the molecule is CC(OCC1CO1)(OCC1CO1)C(C)(OCC1CO1)OCC1CO1. The normalized spacial score (nSPS) is 38.2. The predicted octanol–water partition coefficient (Wildman–Crippen LogP) is 0.0804. The van der Waals surface area contributed by atoms with Crippen LogP contribution in [0.1, 0.15) is 13.8 Å². The van der Waals surface area contributed by atoms with E-state index in [-0.39, 0.29) is 24.4 Å². The van der Waals surface area contributed by atoms with E-state index in [0.29, 0.717) is 52.9 Å². The third kappa shape index (κ3) is 4.64. The van der Waals surface area contributed by atoms with Gasteiger partial charge in [-0.2, -0.15) is 0 Å². The fourth-order valence-corrected chi connectivity index (χ4v) is 2.27. The van der Waals surface area contributed by atoms with E-state index in [1.165, 1.54) is 0 Å². The van der Waals surface area contributed by atoms with Gasteiger partial charge in [-0.25, -0.2) is 0 Å². The Labute approximate surface area is 141 Å². The van der Waals surface area contributed by atoms with Crippen LogP contribution in [0.3, 0.4) is 0 Å². The lowest BCUT2D eigenvalue weighted by Gasteiger charge is -2.44. The topological polar surface area (TPSA) is 87.0 Å². The van der Waals surface area contributed by atoms with Crippen LogP contribution in [0.15, 0.2) is 0 Å². The first-order valence-corrected chi connectivity index (χ1v) is 8.58. The van der Waals surface area contributed by atoms with Gasteiger partial charge in [0.2, 0.25) is 11.6 Å². The molecule has 0 aliphatic carbocycles. The third-order valence-corrected chi connectivity index (χ3v) is 4.61. The molecule has 0 bridgehead atoms. The lowest BCUT2D eigenvalue weighted by atomic mass is 10.1. The second-order valence-corrected chi connectivity index (χ2v) is 6.96. The first-order valence-electron chi connectivity index (χ1n) is 8.58. The van der Waals surface area contributed by atoms with Gasteiger partial charge in [0.1, 0.15) is 24.4 Å². The molecule has 0 aromatic carbocycles. The zero-order chi connectivity index (χ0) is 16.6. The fourth-order valence-electron chi connectivity index (χ4n) is 2.27. The Bertz CT molecular complexity index is 356. The minimum Gasteiger partial charge on any atom is -0.371 e. The van der Waals surface area contributed by atoms with Crippen LogP contribution in [0, 0.1) is 0 Å². The van der Waals surface area contributed by atoms with Gasteiger partial charge in [0, 0.05) is 0 Å². The minimum absolute atomic E-state index is 0.118. The summed E-state index contributed by atoms with van der Waals surface area (Å²) in [7, 11) is 0. The van der Waals surface area contributed by atoms with Gasteiger partial charge in [-0.15, -0.1) is 0 Å². The van der Waals surface area contributed by atoms with Gasteiger partial charge < -0.3 is 37.9 Å². The van der Waals surface area contributed by atoms with Crippen molar-refractivity contribution in [2.45, 2.75) is 49.8 Å². The van der Waals surface area contributed by atoms with Gasteiger partial charge in [-0.05, 0) is 13.8 Å². The molecule has 138 valence electrons. The lowest BCUT2D eigenvalue weighted by molar-refractivity contribution is -0.399. The Morgan fingerprint density at radius 1 is 0.583 bits per heavy atom. The van der Waals surface area contributed by atoms with E-state index < -0.39 is 11.6 Å². The Balaban J connectivity index is 1.42. The molecule has 8 nitrogen and oxygen atoms in total. The molecular formula is C16H26O8. The van der Waals surface area contributed by atoms with Crippen LogP contribution in [0.5, 0.6) is 0 Å². The van der Waals surface area contributed by atoms with Crippen molar-refractivity contribution in [1.29, 1.82) is 0 Å². The maximum Gasteiger partial charge on any atom is 0.220 e. The Morgan fingerprint density at radius 3 is 0.958 bits per heavy atom. The molecule has 0 radical (unpaired) electrons. The molecule has 0 N–H and O–H groups in total. The molecule has 4 unspecified atom stereocenters. The number of hydrogen-bond donors (Lipinski definition) is 0. The van der Waals surface area contributed by atoms with E-state index in [1.54, 1.807) is 0 Å². The zero-order valence-corrected chi connectivity index (χ0v) is 14.2. The Morgan fingerprint density at radius 2 is 0.792 bits per heavy atom. The molecular weight excluding hydrogens is 320 g/mol. The highest BCUT2D eigenvalue weighted by Crippen LogP contribution is 2.36. The summed E-state index contributed by atoms with van der Waals surface area (Å²) in [5, 5.41) is 0. The van der Waals surface area contributed by atoms with Crippen LogP contribution in [0.4, 0.5) is 0 Å². The van der Waals surface area contributed by atoms with Crippen molar-refractivity contribution in [3.8, 4) is 0 Å². The van der Waals surface area contributed by atoms with Crippen molar-refractivity contribution in [1.82, 2.24) is 0 Å². The van der Waals surface area contributed by atoms with Crippen LogP contribution in [-0.4, -0.2) is 88.8 Å². The van der Waals surface area contributed by atoms with Crippen molar-refractivity contribution in [3.63, 3.8) is 0 Å². The van der Waals surface area contributed by atoms with Crippen LogP contribution >= 0.6 is 0 Å². The maximum absolute atomic E-state index is 6.07. The molecule has 4 heterocycles. The van der Waals surface area contributed by atoms with Crippen LogP contribution in [0.25, 0.3) is 0 Å². The van der Waals surface area contributed by atoms with Crippen molar-refractivity contribution in [2.24, 2.45) is 0 Å². The summed E-state index contributed by atoms with van der Waals surface area (Å²) in [6.45, 7) is 8.29. The molecule has 0 amide bonds. The van der Waals surface area contributed by atoms with Crippen molar-refractivity contribution in [3.05, 3.63) is 0 Å².